The summed E-state index contributed by atoms with van der Waals surface area (Å²) in [6, 6.07) is 6.03. The highest BCUT2D eigenvalue weighted by Gasteiger charge is 2.09. The second-order valence-corrected chi connectivity index (χ2v) is 5.39. The Morgan fingerprint density at radius 2 is 1.91 bits per heavy atom. The van der Waals surface area contributed by atoms with Gasteiger partial charge in [-0.3, -0.25) is 4.98 Å². The minimum absolute atomic E-state index is 0.677. The molecule has 0 radical (unpaired) electrons. The number of hydrogen-bond donors (Lipinski definition) is 1. The van der Waals surface area contributed by atoms with Crippen molar-refractivity contribution >= 4 is 11.8 Å². The van der Waals surface area contributed by atoms with Gasteiger partial charge in [0, 0.05) is 43.8 Å². The molecule has 0 aliphatic heterocycles. The zero-order valence-electron chi connectivity index (χ0n) is 13.7. The predicted octanol–water partition coefficient (Wildman–Crippen LogP) is 3.42. The third-order valence-corrected chi connectivity index (χ3v) is 3.33. The van der Waals surface area contributed by atoms with Crippen molar-refractivity contribution in [1.29, 1.82) is 0 Å². The molecule has 22 heavy (non-hydrogen) atoms. The second kappa shape index (κ2) is 8.32. The molecular formula is C17H25N5. The normalized spacial score (nSPS) is 10.5. The molecule has 0 saturated heterocycles. The van der Waals surface area contributed by atoms with E-state index in [9.17, 15) is 0 Å². The van der Waals surface area contributed by atoms with E-state index in [1.807, 2.05) is 25.3 Å². The lowest BCUT2D eigenvalue weighted by Gasteiger charge is -2.23. The molecule has 0 spiro atoms. The van der Waals surface area contributed by atoms with Gasteiger partial charge in [0.2, 0.25) is 5.95 Å². The molecule has 0 unspecified atom stereocenters. The number of anilines is 2. The van der Waals surface area contributed by atoms with Gasteiger partial charge in [0.15, 0.2) is 0 Å². The lowest BCUT2D eigenvalue weighted by Crippen LogP contribution is -2.26. The number of aryl methyl sites for hydroxylation is 1. The molecule has 0 amide bonds. The van der Waals surface area contributed by atoms with Crippen LogP contribution in [0.15, 0.2) is 30.6 Å². The summed E-state index contributed by atoms with van der Waals surface area (Å²) in [5.74, 6) is 1.68. The maximum absolute atomic E-state index is 4.67. The van der Waals surface area contributed by atoms with E-state index < -0.39 is 0 Å². The SMILES string of the molecule is CCCN(CCC)c1cc(C)nc(NCc2cccnc2)n1. The number of pyridine rings is 1. The Morgan fingerprint density at radius 1 is 1.14 bits per heavy atom. The molecule has 0 fully saturated rings. The predicted molar refractivity (Wildman–Crippen MR) is 91.1 cm³/mol. The minimum Gasteiger partial charge on any atom is -0.356 e. The highest BCUT2D eigenvalue weighted by molar-refractivity contribution is 5.45. The monoisotopic (exact) mass is 299 g/mol. The molecule has 1 N–H and O–H groups in total. The summed E-state index contributed by atoms with van der Waals surface area (Å²) in [5.41, 5.74) is 2.10. The van der Waals surface area contributed by atoms with Crippen LogP contribution in [-0.2, 0) is 6.54 Å². The summed E-state index contributed by atoms with van der Waals surface area (Å²) in [4.78, 5) is 15.6. The topological polar surface area (TPSA) is 53.9 Å². The zero-order chi connectivity index (χ0) is 15.8. The van der Waals surface area contributed by atoms with Gasteiger partial charge in [0.1, 0.15) is 5.82 Å². The lowest BCUT2D eigenvalue weighted by atomic mass is 10.3. The Kier molecular flexibility index (Phi) is 6.13. The summed E-state index contributed by atoms with van der Waals surface area (Å²) in [5, 5.41) is 3.29. The molecule has 0 saturated carbocycles. The number of rotatable bonds is 8. The Morgan fingerprint density at radius 3 is 2.55 bits per heavy atom. The van der Waals surface area contributed by atoms with Crippen molar-refractivity contribution in [3.05, 3.63) is 41.9 Å². The Balaban J connectivity index is 2.11. The third kappa shape index (κ3) is 4.69. The van der Waals surface area contributed by atoms with E-state index in [1.54, 1.807) is 6.20 Å². The van der Waals surface area contributed by atoms with Crippen molar-refractivity contribution in [2.45, 2.75) is 40.2 Å². The summed E-state index contributed by atoms with van der Waals surface area (Å²) < 4.78 is 0. The van der Waals surface area contributed by atoms with E-state index in [0.29, 0.717) is 12.5 Å². The maximum Gasteiger partial charge on any atom is 0.225 e. The van der Waals surface area contributed by atoms with Gasteiger partial charge in [-0.15, -0.1) is 0 Å². The van der Waals surface area contributed by atoms with Gasteiger partial charge in [0.25, 0.3) is 0 Å². The van der Waals surface area contributed by atoms with Gasteiger partial charge in [0.05, 0.1) is 0 Å². The summed E-state index contributed by atoms with van der Waals surface area (Å²) in [6.07, 6.45) is 5.85. The van der Waals surface area contributed by atoms with E-state index in [1.165, 1.54) is 0 Å². The third-order valence-electron chi connectivity index (χ3n) is 3.33. The molecular weight excluding hydrogens is 274 g/mol. The average molecular weight is 299 g/mol. The van der Waals surface area contributed by atoms with Gasteiger partial charge in [-0.2, -0.15) is 4.98 Å². The molecule has 5 nitrogen and oxygen atoms in total. The van der Waals surface area contributed by atoms with Crippen molar-refractivity contribution < 1.29 is 0 Å². The molecule has 5 heteroatoms. The molecule has 0 bridgehead atoms. The van der Waals surface area contributed by atoms with Crippen molar-refractivity contribution in [3.63, 3.8) is 0 Å². The van der Waals surface area contributed by atoms with Crippen molar-refractivity contribution in [1.82, 2.24) is 15.0 Å². The molecule has 2 aromatic rings. The number of nitrogens with one attached hydrogen (secondary N) is 1. The first-order valence-corrected chi connectivity index (χ1v) is 7.96. The average Bonchev–Trinajstić information content (AvgIpc) is 2.53. The molecule has 0 aliphatic carbocycles. The first kappa shape index (κ1) is 16.2. The van der Waals surface area contributed by atoms with Gasteiger partial charge < -0.3 is 10.2 Å². The second-order valence-electron chi connectivity index (χ2n) is 5.39. The lowest BCUT2D eigenvalue weighted by molar-refractivity contribution is 0.732. The van der Waals surface area contributed by atoms with Crippen LogP contribution in [0.1, 0.15) is 37.9 Å². The van der Waals surface area contributed by atoms with Crippen LogP contribution < -0.4 is 10.2 Å². The Bertz CT molecular complexity index is 565. The molecule has 2 rings (SSSR count). The van der Waals surface area contributed by atoms with E-state index in [4.69, 9.17) is 0 Å². The highest BCUT2D eigenvalue weighted by atomic mass is 15.2. The quantitative estimate of drug-likeness (QED) is 0.809. The van der Waals surface area contributed by atoms with E-state index in [0.717, 1.165) is 43.0 Å². The van der Waals surface area contributed by atoms with E-state index >= 15 is 0 Å². The van der Waals surface area contributed by atoms with Crippen LogP contribution in [0.4, 0.5) is 11.8 Å². The highest BCUT2D eigenvalue weighted by Crippen LogP contribution is 2.16. The largest absolute Gasteiger partial charge is 0.356 e. The molecule has 2 heterocycles. The number of nitrogens with zero attached hydrogens (tertiary/aromatic N) is 4. The van der Waals surface area contributed by atoms with Crippen molar-refractivity contribution in [3.8, 4) is 0 Å². The van der Waals surface area contributed by atoms with Crippen LogP contribution in [0.25, 0.3) is 0 Å². The fourth-order valence-corrected chi connectivity index (χ4v) is 2.36. The smallest absolute Gasteiger partial charge is 0.225 e. The number of hydrogen-bond acceptors (Lipinski definition) is 5. The van der Waals surface area contributed by atoms with Crippen LogP contribution in [0, 0.1) is 6.92 Å². The molecule has 0 atom stereocenters. The number of aromatic nitrogens is 3. The van der Waals surface area contributed by atoms with Gasteiger partial charge >= 0.3 is 0 Å². The van der Waals surface area contributed by atoms with Crippen LogP contribution in [0.3, 0.4) is 0 Å². The summed E-state index contributed by atoms with van der Waals surface area (Å²) >= 11 is 0. The van der Waals surface area contributed by atoms with Crippen LogP contribution in [0.2, 0.25) is 0 Å². The summed E-state index contributed by atoms with van der Waals surface area (Å²) in [6.45, 7) is 9.12. The van der Waals surface area contributed by atoms with Crippen LogP contribution >= 0.6 is 0 Å². The first-order chi connectivity index (χ1) is 10.7. The van der Waals surface area contributed by atoms with Crippen LogP contribution in [-0.4, -0.2) is 28.0 Å². The molecule has 0 aliphatic rings. The van der Waals surface area contributed by atoms with Gasteiger partial charge in [-0.1, -0.05) is 19.9 Å². The van der Waals surface area contributed by atoms with Gasteiger partial charge in [-0.05, 0) is 31.4 Å². The minimum atomic E-state index is 0.677. The molecule has 0 aromatic carbocycles. The van der Waals surface area contributed by atoms with Gasteiger partial charge in [-0.25, -0.2) is 4.98 Å². The fourth-order valence-electron chi connectivity index (χ4n) is 2.36. The van der Waals surface area contributed by atoms with Crippen molar-refractivity contribution in [2.75, 3.05) is 23.3 Å². The summed E-state index contributed by atoms with van der Waals surface area (Å²) in [7, 11) is 0. The van der Waals surface area contributed by atoms with Crippen LogP contribution in [0.5, 0.6) is 0 Å². The fraction of sp³-hybridized carbons (Fsp3) is 0.471. The zero-order valence-corrected chi connectivity index (χ0v) is 13.7. The van der Waals surface area contributed by atoms with E-state index in [2.05, 4.69) is 45.1 Å². The molecule has 118 valence electrons. The first-order valence-electron chi connectivity index (χ1n) is 7.96. The van der Waals surface area contributed by atoms with E-state index in [-0.39, 0.29) is 0 Å². The molecule has 2 aromatic heterocycles. The standard InChI is InChI=1S/C17H25N5/c1-4-9-22(10-5-2)16-11-14(3)20-17(21-16)19-13-15-7-6-8-18-12-15/h6-8,11-12H,4-5,9-10,13H2,1-3H3,(H,19,20,21). The maximum atomic E-state index is 4.67. The Hall–Kier alpha value is -2.17. The van der Waals surface area contributed by atoms with Crippen molar-refractivity contribution in [2.24, 2.45) is 0 Å². The Labute approximate surface area is 132 Å².